The van der Waals surface area contributed by atoms with Gasteiger partial charge in [0, 0.05) is 31.5 Å². The number of H-pyrrole nitrogens is 1. The third-order valence-electron chi connectivity index (χ3n) is 2.51. The standard InChI is InChI=1S/C10H12N2O3/c13-7-2-4-12(6-7)10(15)8-5-11-3-1-9(8)14/h1,3,5,7,13H,2,4,6H2,(H,11,14)/t7-/m1/s1. The van der Waals surface area contributed by atoms with Crippen LogP contribution in [0.3, 0.4) is 0 Å². The Kier molecular flexibility index (Phi) is 2.55. The lowest BCUT2D eigenvalue weighted by Crippen LogP contribution is -2.32. The van der Waals surface area contributed by atoms with Gasteiger partial charge in [0.05, 0.1) is 6.10 Å². The van der Waals surface area contributed by atoms with E-state index in [0.717, 1.165) is 0 Å². The molecule has 2 rings (SSSR count). The van der Waals surface area contributed by atoms with E-state index in [2.05, 4.69) is 4.98 Å². The predicted molar refractivity (Wildman–Crippen MR) is 53.6 cm³/mol. The zero-order valence-corrected chi connectivity index (χ0v) is 8.14. The summed E-state index contributed by atoms with van der Waals surface area (Å²) in [6.45, 7) is 0.821. The molecule has 0 radical (unpaired) electrons. The van der Waals surface area contributed by atoms with Gasteiger partial charge >= 0.3 is 0 Å². The van der Waals surface area contributed by atoms with Crippen molar-refractivity contribution in [2.45, 2.75) is 12.5 Å². The lowest BCUT2D eigenvalue weighted by molar-refractivity contribution is 0.0763. The summed E-state index contributed by atoms with van der Waals surface area (Å²) in [7, 11) is 0. The van der Waals surface area contributed by atoms with Crippen molar-refractivity contribution in [2.24, 2.45) is 0 Å². The second-order valence-corrected chi connectivity index (χ2v) is 3.62. The van der Waals surface area contributed by atoms with Crippen molar-refractivity contribution < 1.29 is 9.90 Å². The average molecular weight is 208 g/mol. The first-order valence-electron chi connectivity index (χ1n) is 4.83. The molecule has 0 spiro atoms. The van der Waals surface area contributed by atoms with E-state index in [0.29, 0.717) is 19.5 Å². The Morgan fingerprint density at radius 2 is 2.40 bits per heavy atom. The van der Waals surface area contributed by atoms with Gasteiger partial charge in [0.25, 0.3) is 5.91 Å². The number of aliphatic hydroxyl groups excluding tert-OH is 1. The molecule has 1 aliphatic heterocycles. The van der Waals surface area contributed by atoms with Gasteiger partial charge in [0.2, 0.25) is 0 Å². The van der Waals surface area contributed by atoms with Crippen molar-refractivity contribution in [2.75, 3.05) is 13.1 Å². The molecule has 15 heavy (non-hydrogen) atoms. The third kappa shape index (κ3) is 1.92. The molecule has 1 aliphatic rings. The van der Waals surface area contributed by atoms with Gasteiger partial charge < -0.3 is 15.0 Å². The van der Waals surface area contributed by atoms with Gasteiger partial charge in [-0.3, -0.25) is 9.59 Å². The topological polar surface area (TPSA) is 73.4 Å². The fourth-order valence-electron chi connectivity index (χ4n) is 1.68. The lowest BCUT2D eigenvalue weighted by Gasteiger charge is -2.14. The minimum atomic E-state index is -0.461. The molecule has 0 aromatic carbocycles. The number of β-amino-alcohol motifs (C(OH)–C–C–N with tert-alkyl or cyclic N) is 1. The maximum Gasteiger partial charge on any atom is 0.259 e. The normalized spacial score (nSPS) is 20.6. The molecule has 1 atom stereocenters. The third-order valence-corrected chi connectivity index (χ3v) is 2.51. The van der Waals surface area contributed by atoms with Crippen LogP contribution < -0.4 is 5.43 Å². The number of nitrogens with one attached hydrogen (secondary N) is 1. The number of carbonyl (C=O) groups is 1. The van der Waals surface area contributed by atoms with Crippen LogP contribution in [0.2, 0.25) is 0 Å². The molecule has 2 N–H and O–H groups in total. The fourth-order valence-corrected chi connectivity index (χ4v) is 1.68. The summed E-state index contributed by atoms with van der Waals surface area (Å²) in [5.41, 5.74) is -0.160. The molecule has 1 amide bonds. The molecule has 80 valence electrons. The summed E-state index contributed by atoms with van der Waals surface area (Å²) >= 11 is 0. The monoisotopic (exact) mass is 208 g/mol. The van der Waals surface area contributed by atoms with E-state index >= 15 is 0 Å². The van der Waals surface area contributed by atoms with Gasteiger partial charge in [-0.25, -0.2) is 0 Å². The summed E-state index contributed by atoms with van der Waals surface area (Å²) in [5.74, 6) is -0.312. The van der Waals surface area contributed by atoms with Crippen LogP contribution in [0.25, 0.3) is 0 Å². The van der Waals surface area contributed by atoms with Gasteiger partial charge in [-0.1, -0.05) is 0 Å². The number of rotatable bonds is 1. The number of aromatic amines is 1. The van der Waals surface area contributed by atoms with Crippen molar-refractivity contribution in [3.8, 4) is 0 Å². The molecular formula is C10H12N2O3. The van der Waals surface area contributed by atoms with Crippen molar-refractivity contribution in [3.63, 3.8) is 0 Å². The summed E-state index contributed by atoms with van der Waals surface area (Å²) < 4.78 is 0. The minimum absolute atomic E-state index is 0.131. The first kappa shape index (κ1) is 9.92. The van der Waals surface area contributed by atoms with E-state index in [1.165, 1.54) is 23.4 Å². The summed E-state index contributed by atoms with van der Waals surface area (Å²) in [6, 6.07) is 1.32. The fraction of sp³-hybridized carbons (Fsp3) is 0.400. The van der Waals surface area contributed by atoms with Crippen LogP contribution in [0, 0.1) is 0 Å². The van der Waals surface area contributed by atoms with Gasteiger partial charge in [-0.15, -0.1) is 0 Å². The first-order valence-corrected chi connectivity index (χ1v) is 4.83. The number of pyridine rings is 1. The smallest absolute Gasteiger partial charge is 0.259 e. The van der Waals surface area contributed by atoms with E-state index in [1.807, 2.05) is 0 Å². The number of hydrogen-bond donors (Lipinski definition) is 2. The van der Waals surface area contributed by atoms with E-state index in [4.69, 9.17) is 0 Å². The van der Waals surface area contributed by atoms with Crippen LogP contribution in [0.15, 0.2) is 23.3 Å². The Morgan fingerprint density at radius 1 is 1.60 bits per heavy atom. The minimum Gasteiger partial charge on any atom is -0.391 e. The highest BCUT2D eigenvalue weighted by atomic mass is 16.3. The van der Waals surface area contributed by atoms with Crippen LogP contribution in [-0.2, 0) is 0 Å². The van der Waals surface area contributed by atoms with Crippen LogP contribution in [0.1, 0.15) is 16.8 Å². The molecule has 1 aromatic heterocycles. The Labute approximate surface area is 86.3 Å². The van der Waals surface area contributed by atoms with Gasteiger partial charge in [0.1, 0.15) is 5.56 Å². The molecule has 1 aromatic rings. The Hall–Kier alpha value is -1.62. The molecule has 0 bridgehead atoms. The number of likely N-dealkylation sites (tertiary alicyclic amines) is 1. The quantitative estimate of drug-likeness (QED) is 0.658. The molecule has 2 heterocycles. The Balaban J connectivity index is 2.22. The Morgan fingerprint density at radius 3 is 3.00 bits per heavy atom. The van der Waals surface area contributed by atoms with Crippen molar-refractivity contribution in [1.29, 1.82) is 0 Å². The molecule has 1 fully saturated rings. The van der Waals surface area contributed by atoms with Crippen LogP contribution in [-0.4, -0.2) is 40.1 Å². The first-order chi connectivity index (χ1) is 7.18. The highest BCUT2D eigenvalue weighted by Gasteiger charge is 2.26. The number of aliphatic hydroxyl groups is 1. The zero-order chi connectivity index (χ0) is 10.8. The molecule has 1 saturated heterocycles. The van der Waals surface area contributed by atoms with E-state index in [1.54, 1.807) is 0 Å². The van der Waals surface area contributed by atoms with Crippen LogP contribution in [0.5, 0.6) is 0 Å². The predicted octanol–water partition coefficient (Wildman–Crippen LogP) is -0.418. The van der Waals surface area contributed by atoms with Crippen molar-refractivity contribution >= 4 is 5.91 Å². The number of carbonyl (C=O) groups excluding carboxylic acids is 1. The number of hydrogen-bond acceptors (Lipinski definition) is 3. The number of aromatic nitrogens is 1. The van der Waals surface area contributed by atoms with Crippen LogP contribution in [0.4, 0.5) is 0 Å². The van der Waals surface area contributed by atoms with E-state index in [-0.39, 0.29) is 16.9 Å². The maximum absolute atomic E-state index is 11.8. The molecular weight excluding hydrogens is 196 g/mol. The summed E-state index contributed by atoms with van der Waals surface area (Å²) in [6.07, 6.45) is 3.00. The number of nitrogens with zero attached hydrogens (tertiary/aromatic N) is 1. The van der Waals surface area contributed by atoms with Crippen molar-refractivity contribution in [1.82, 2.24) is 9.88 Å². The van der Waals surface area contributed by atoms with Crippen LogP contribution >= 0.6 is 0 Å². The highest BCUT2D eigenvalue weighted by molar-refractivity contribution is 5.93. The SMILES string of the molecule is O=C(c1c[nH]ccc1=O)N1CC[C@@H](O)C1. The summed E-state index contributed by atoms with van der Waals surface area (Å²) in [4.78, 5) is 27.4. The van der Waals surface area contributed by atoms with E-state index < -0.39 is 6.10 Å². The Bertz CT molecular complexity index is 427. The number of amides is 1. The molecule has 5 heteroatoms. The maximum atomic E-state index is 11.8. The summed E-state index contributed by atoms with van der Waals surface area (Å²) in [5, 5.41) is 9.28. The average Bonchev–Trinajstić information content (AvgIpc) is 2.65. The second-order valence-electron chi connectivity index (χ2n) is 3.62. The lowest BCUT2D eigenvalue weighted by atomic mass is 10.2. The molecule has 0 unspecified atom stereocenters. The largest absolute Gasteiger partial charge is 0.391 e. The van der Waals surface area contributed by atoms with E-state index in [9.17, 15) is 14.7 Å². The van der Waals surface area contributed by atoms with Gasteiger partial charge in [-0.2, -0.15) is 0 Å². The molecule has 0 aliphatic carbocycles. The highest BCUT2D eigenvalue weighted by Crippen LogP contribution is 2.11. The molecule has 0 saturated carbocycles. The zero-order valence-electron chi connectivity index (χ0n) is 8.14. The van der Waals surface area contributed by atoms with Gasteiger partial charge in [0.15, 0.2) is 5.43 Å². The second kappa shape index (κ2) is 3.86. The van der Waals surface area contributed by atoms with Crippen molar-refractivity contribution in [3.05, 3.63) is 34.2 Å². The van der Waals surface area contributed by atoms with Gasteiger partial charge in [-0.05, 0) is 6.42 Å². The molecule has 5 nitrogen and oxygen atoms in total.